The zero-order valence-electron chi connectivity index (χ0n) is 10.8. The lowest BCUT2D eigenvalue weighted by Crippen LogP contribution is -2.36. The molecule has 0 radical (unpaired) electrons. The molecule has 0 aromatic carbocycles. The fourth-order valence-electron chi connectivity index (χ4n) is 2.46. The molecule has 1 aliphatic rings. The average molecular weight is 244 g/mol. The molecule has 0 bridgehead atoms. The van der Waals surface area contributed by atoms with Crippen molar-refractivity contribution in [1.29, 1.82) is 0 Å². The molecule has 3 nitrogen and oxygen atoms in total. The highest BCUT2D eigenvalue weighted by Gasteiger charge is 2.19. The highest BCUT2D eigenvalue weighted by Crippen LogP contribution is 2.23. The van der Waals surface area contributed by atoms with E-state index in [4.69, 9.17) is 0 Å². The molecule has 1 amide bonds. The molecular weight excluding hydrogens is 224 g/mol. The predicted octanol–water partition coefficient (Wildman–Crippen LogP) is 2.79. The van der Waals surface area contributed by atoms with Gasteiger partial charge in [0, 0.05) is 24.5 Å². The SMILES string of the molecule is C[C@@H]1CCC[C@@H](NC(=O)/C=C\c2cccnc2)C1. The molecule has 96 valence electrons. The van der Waals surface area contributed by atoms with Crippen molar-refractivity contribution in [3.8, 4) is 0 Å². The van der Waals surface area contributed by atoms with Gasteiger partial charge in [-0.25, -0.2) is 0 Å². The molecule has 1 aromatic heterocycles. The Morgan fingerprint density at radius 3 is 3.11 bits per heavy atom. The van der Waals surface area contributed by atoms with Crippen LogP contribution < -0.4 is 5.32 Å². The molecule has 0 saturated heterocycles. The third-order valence-corrected chi connectivity index (χ3v) is 3.39. The highest BCUT2D eigenvalue weighted by atomic mass is 16.1. The predicted molar refractivity (Wildman–Crippen MR) is 72.8 cm³/mol. The Morgan fingerprint density at radius 2 is 2.39 bits per heavy atom. The normalized spacial score (nSPS) is 24.1. The Kier molecular flexibility index (Phi) is 4.51. The Labute approximate surface area is 108 Å². The second kappa shape index (κ2) is 6.34. The second-order valence-electron chi connectivity index (χ2n) is 5.10. The summed E-state index contributed by atoms with van der Waals surface area (Å²) in [6.07, 6.45) is 11.6. The maximum Gasteiger partial charge on any atom is 0.244 e. The summed E-state index contributed by atoms with van der Waals surface area (Å²) in [6, 6.07) is 4.14. The van der Waals surface area contributed by atoms with Crippen LogP contribution in [0.25, 0.3) is 6.08 Å². The van der Waals surface area contributed by atoms with Crippen molar-refractivity contribution in [2.75, 3.05) is 0 Å². The van der Waals surface area contributed by atoms with E-state index in [-0.39, 0.29) is 5.91 Å². The molecular formula is C15H20N2O. The number of hydrogen-bond acceptors (Lipinski definition) is 2. The molecule has 1 saturated carbocycles. The summed E-state index contributed by atoms with van der Waals surface area (Å²) < 4.78 is 0. The minimum Gasteiger partial charge on any atom is -0.350 e. The lowest BCUT2D eigenvalue weighted by atomic mass is 9.87. The highest BCUT2D eigenvalue weighted by molar-refractivity contribution is 5.91. The molecule has 1 heterocycles. The van der Waals surface area contributed by atoms with E-state index in [0.29, 0.717) is 6.04 Å². The summed E-state index contributed by atoms with van der Waals surface area (Å²) in [5.74, 6) is 0.726. The van der Waals surface area contributed by atoms with Crippen LogP contribution in [0.15, 0.2) is 30.6 Å². The number of carbonyl (C=O) groups is 1. The van der Waals surface area contributed by atoms with Gasteiger partial charge in [0.1, 0.15) is 0 Å². The molecule has 1 fully saturated rings. The summed E-state index contributed by atoms with van der Waals surface area (Å²) in [6.45, 7) is 2.25. The van der Waals surface area contributed by atoms with E-state index < -0.39 is 0 Å². The molecule has 0 spiro atoms. The first kappa shape index (κ1) is 12.8. The van der Waals surface area contributed by atoms with Crippen LogP contribution in [0.5, 0.6) is 0 Å². The molecule has 0 unspecified atom stereocenters. The average Bonchev–Trinajstić information content (AvgIpc) is 2.38. The van der Waals surface area contributed by atoms with Crippen molar-refractivity contribution in [2.45, 2.75) is 38.6 Å². The van der Waals surface area contributed by atoms with Gasteiger partial charge in [0.05, 0.1) is 0 Å². The third-order valence-electron chi connectivity index (χ3n) is 3.39. The van der Waals surface area contributed by atoms with Crippen molar-refractivity contribution in [3.63, 3.8) is 0 Å². The fraction of sp³-hybridized carbons (Fsp3) is 0.467. The number of rotatable bonds is 3. The summed E-state index contributed by atoms with van der Waals surface area (Å²) in [4.78, 5) is 15.8. The number of carbonyl (C=O) groups excluding carboxylic acids is 1. The van der Waals surface area contributed by atoms with Gasteiger partial charge < -0.3 is 5.32 Å². The van der Waals surface area contributed by atoms with Gasteiger partial charge in [0.15, 0.2) is 0 Å². The summed E-state index contributed by atoms with van der Waals surface area (Å²) in [5, 5.41) is 3.07. The van der Waals surface area contributed by atoms with Gasteiger partial charge in [-0.15, -0.1) is 0 Å². The number of aromatic nitrogens is 1. The first-order valence-electron chi connectivity index (χ1n) is 6.62. The zero-order chi connectivity index (χ0) is 12.8. The van der Waals surface area contributed by atoms with Gasteiger partial charge in [0.2, 0.25) is 5.91 Å². The van der Waals surface area contributed by atoms with Crippen molar-refractivity contribution in [3.05, 3.63) is 36.2 Å². The maximum absolute atomic E-state index is 11.8. The minimum absolute atomic E-state index is 0.00190. The van der Waals surface area contributed by atoms with Crippen LogP contribution in [-0.4, -0.2) is 16.9 Å². The van der Waals surface area contributed by atoms with Crippen molar-refractivity contribution in [2.24, 2.45) is 5.92 Å². The Balaban J connectivity index is 1.83. The van der Waals surface area contributed by atoms with E-state index in [2.05, 4.69) is 17.2 Å². The lowest BCUT2D eigenvalue weighted by Gasteiger charge is -2.26. The van der Waals surface area contributed by atoms with Crippen LogP contribution >= 0.6 is 0 Å². The van der Waals surface area contributed by atoms with Crippen LogP contribution in [-0.2, 0) is 4.79 Å². The number of nitrogens with one attached hydrogen (secondary N) is 1. The smallest absolute Gasteiger partial charge is 0.244 e. The van der Waals surface area contributed by atoms with Gasteiger partial charge in [-0.3, -0.25) is 9.78 Å². The van der Waals surface area contributed by atoms with Crippen molar-refractivity contribution >= 4 is 12.0 Å². The van der Waals surface area contributed by atoms with E-state index in [1.54, 1.807) is 24.5 Å². The minimum atomic E-state index is -0.00190. The van der Waals surface area contributed by atoms with Gasteiger partial charge in [0.25, 0.3) is 0 Å². The van der Waals surface area contributed by atoms with Gasteiger partial charge >= 0.3 is 0 Å². The zero-order valence-corrected chi connectivity index (χ0v) is 10.8. The standard InChI is InChI=1S/C15H20N2O/c1-12-4-2-6-14(10-12)17-15(18)8-7-13-5-3-9-16-11-13/h3,5,7-9,11-12,14H,2,4,6,10H2,1H3,(H,17,18)/b8-7-/t12-,14-/m1/s1. The van der Waals surface area contributed by atoms with E-state index in [0.717, 1.165) is 24.3 Å². The van der Waals surface area contributed by atoms with E-state index >= 15 is 0 Å². The molecule has 2 rings (SSSR count). The summed E-state index contributed by atoms with van der Waals surface area (Å²) >= 11 is 0. The van der Waals surface area contributed by atoms with Crippen LogP contribution in [0.2, 0.25) is 0 Å². The van der Waals surface area contributed by atoms with E-state index in [1.807, 2.05) is 12.1 Å². The molecule has 3 heteroatoms. The van der Waals surface area contributed by atoms with Gasteiger partial charge in [-0.05, 0) is 36.5 Å². The van der Waals surface area contributed by atoms with E-state index in [1.165, 1.54) is 12.8 Å². The molecule has 1 aliphatic carbocycles. The van der Waals surface area contributed by atoms with E-state index in [9.17, 15) is 4.79 Å². The van der Waals surface area contributed by atoms with Crippen LogP contribution in [0.4, 0.5) is 0 Å². The molecule has 2 atom stereocenters. The Morgan fingerprint density at radius 1 is 1.50 bits per heavy atom. The van der Waals surface area contributed by atoms with Crippen LogP contribution in [0, 0.1) is 5.92 Å². The summed E-state index contributed by atoms with van der Waals surface area (Å²) in [7, 11) is 0. The quantitative estimate of drug-likeness (QED) is 0.831. The van der Waals surface area contributed by atoms with Crippen LogP contribution in [0.3, 0.4) is 0 Å². The maximum atomic E-state index is 11.8. The molecule has 1 N–H and O–H groups in total. The van der Waals surface area contributed by atoms with Gasteiger partial charge in [-0.2, -0.15) is 0 Å². The first-order chi connectivity index (χ1) is 8.74. The lowest BCUT2D eigenvalue weighted by molar-refractivity contribution is -0.117. The fourth-order valence-corrected chi connectivity index (χ4v) is 2.46. The number of nitrogens with zero attached hydrogens (tertiary/aromatic N) is 1. The van der Waals surface area contributed by atoms with Crippen molar-refractivity contribution in [1.82, 2.24) is 10.3 Å². The van der Waals surface area contributed by atoms with Gasteiger partial charge in [-0.1, -0.05) is 25.8 Å². The molecule has 0 aliphatic heterocycles. The summed E-state index contributed by atoms with van der Waals surface area (Å²) in [5.41, 5.74) is 0.949. The number of amides is 1. The Hall–Kier alpha value is -1.64. The second-order valence-corrected chi connectivity index (χ2v) is 5.10. The number of pyridine rings is 1. The Bertz CT molecular complexity index is 414. The molecule has 18 heavy (non-hydrogen) atoms. The third kappa shape index (κ3) is 3.99. The largest absolute Gasteiger partial charge is 0.350 e. The molecule has 1 aromatic rings. The van der Waals surface area contributed by atoms with Crippen LogP contribution in [0.1, 0.15) is 38.2 Å². The first-order valence-corrected chi connectivity index (χ1v) is 6.62. The van der Waals surface area contributed by atoms with Crippen molar-refractivity contribution < 1.29 is 4.79 Å². The monoisotopic (exact) mass is 244 g/mol. The topological polar surface area (TPSA) is 42.0 Å². The number of hydrogen-bond donors (Lipinski definition) is 1.